The summed E-state index contributed by atoms with van der Waals surface area (Å²) in [5, 5.41) is 11.8. The third-order valence-electron chi connectivity index (χ3n) is 3.90. The molecule has 1 aliphatic carbocycles. The smallest absolute Gasteiger partial charge is 0.307 e. The van der Waals surface area contributed by atoms with Gasteiger partial charge in [0.05, 0.1) is 18.4 Å². The lowest BCUT2D eigenvalue weighted by atomic mass is 9.73. The number of carbonyl (C=O) groups excluding carboxylic acids is 1. The van der Waals surface area contributed by atoms with Gasteiger partial charge in [-0.3, -0.25) is 9.59 Å². The summed E-state index contributed by atoms with van der Waals surface area (Å²) in [4.78, 5) is 23.0. The summed E-state index contributed by atoms with van der Waals surface area (Å²) in [6, 6.07) is 7.44. The minimum Gasteiger partial charge on any atom is -0.491 e. The number of methoxy groups -OCH3 is 1. The zero-order valence-corrected chi connectivity index (χ0v) is 12.6. The topological polar surface area (TPSA) is 84.9 Å². The Morgan fingerprint density at radius 1 is 1.23 bits per heavy atom. The predicted octanol–water partition coefficient (Wildman–Crippen LogP) is 1.44. The van der Waals surface area contributed by atoms with Crippen LogP contribution in [-0.2, 0) is 20.9 Å². The van der Waals surface area contributed by atoms with Gasteiger partial charge in [0, 0.05) is 19.2 Å². The lowest BCUT2D eigenvalue weighted by Gasteiger charge is -2.32. The molecule has 6 nitrogen and oxygen atoms in total. The van der Waals surface area contributed by atoms with Gasteiger partial charge in [-0.1, -0.05) is 18.2 Å². The fourth-order valence-corrected chi connectivity index (χ4v) is 2.45. The molecule has 0 bridgehead atoms. The molecule has 1 amide bonds. The highest BCUT2D eigenvalue weighted by Crippen LogP contribution is 2.34. The second-order valence-electron chi connectivity index (χ2n) is 5.30. The van der Waals surface area contributed by atoms with Crippen molar-refractivity contribution in [3.8, 4) is 5.75 Å². The summed E-state index contributed by atoms with van der Waals surface area (Å²) < 4.78 is 10.5. The van der Waals surface area contributed by atoms with Gasteiger partial charge in [-0.2, -0.15) is 0 Å². The van der Waals surface area contributed by atoms with Gasteiger partial charge >= 0.3 is 5.97 Å². The molecule has 0 aromatic heterocycles. The maximum Gasteiger partial charge on any atom is 0.307 e. The van der Waals surface area contributed by atoms with E-state index in [-0.39, 0.29) is 5.91 Å². The van der Waals surface area contributed by atoms with Crippen LogP contribution in [0.25, 0.3) is 0 Å². The Kier molecular flexibility index (Phi) is 5.77. The molecule has 1 aromatic carbocycles. The van der Waals surface area contributed by atoms with E-state index in [1.165, 1.54) is 0 Å². The molecule has 6 heteroatoms. The molecule has 2 N–H and O–H groups in total. The van der Waals surface area contributed by atoms with Crippen LogP contribution in [0.15, 0.2) is 24.3 Å². The summed E-state index contributed by atoms with van der Waals surface area (Å²) in [6.07, 6.45) is 1.21. The first-order valence-corrected chi connectivity index (χ1v) is 7.33. The van der Waals surface area contributed by atoms with Gasteiger partial charge in [-0.05, 0) is 18.9 Å². The maximum atomic E-state index is 12.0. The third kappa shape index (κ3) is 3.98. The number of aliphatic carboxylic acids is 1. The van der Waals surface area contributed by atoms with E-state index >= 15 is 0 Å². The number of amides is 1. The monoisotopic (exact) mass is 307 g/mol. The van der Waals surface area contributed by atoms with Crippen LogP contribution in [0.3, 0.4) is 0 Å². The molecule has 2 unspecified atom stereocenters. The number of carboxylic acids is 1. The predicted molar refractivity (Wildman–Crippen MR) is 79.5 cm³/mol. The van der Waals surface area contributed by atoms with Crippen molar-refractivity contribution in [1.82, 2.24) is 5.32 Å². The van der Waals surface area contributed by atoms with E-state index in [2.05, 4.69) is 5.32 Å². The first-order chi connectivity index (χ1) is 10.6. The van der Waals surface area contributed by atoms with Crippen LogP contribution in [0.2, 0.25) is 0 Å². The average molecular weight is 307 g/mol. The molecule has 0 spiro atoms. The molecule has 0 heterocycles. The van der Waals surface area contributed by atoms with Crippen LogP contribution < -0.4 is 10.1 Å². The number of nitrogens with one attached hydrogen (secondary N) is 1. The van der Waals surface area contributed by atoms with Gasteiger partial charge in [0.15, 0.2) is 0 Å². The largest absolute Gasteiger partial charge is 0.491 e. The number of carboxylic acid groups (broad SMARTS) is 1. The van der Waals surface area contributed by atoms with Crippen molar-refractivity contribution < 1.29 is 24.2 Å². The van der Waals surface area contributed by atoms with Crippen LogP contribution in [0, 0.1) is 11.8 Å². The van der Waals surface area contributed by atoms with Gasteiger partial charge in [0.25, 0.3) is 0 Å². The number of benzene rings is 1. The maximum absolute atomic E-state index is 12.0. The van der Waals surface area contributed by atoms with E-state index in [1.807, 2.05) is 24.3 Å². The number of rotatable bonds is 8. The Balaban J connectivity index is 1.88. The van der Waals surface area contributed by atoms with Crippen LogP contribution in [-0.4, -0.2) is 37.3 Å². The summed E-state index contributed by atoms with van der Waals surface area (Å²) >= 11 is 0. The van der Waals surface area contributed by atoms with Crippen molar-refractivity contribution >= 4 is 11.9 Å². The van der Waals surface area contributed by atoms with E-state index in [1.54, 1.807) is 7.11 Å². The minimum atomic E-state index is -0.894. The number of hydrogen-bond donors (Lipinski definition) is 2. The summed E-state index contributed by atoms with van der Waals surface area (Å²) in [7, 11) is 1.60. The van der Waals surface area contributed by atoms with Crippen molar-refractivity contribution in [1.29, 1.82) is 0 Å². The Morgan fingerprint density at radius 3 is 2.59 bits per heavy atom. The Hall–Kier alpha value is -2.08. The SMILES string of the molecule is COCCOc1ccccc1CNC(=O)C1CCC1C(=O)O. The van der Waals surface area contributed by atoms with E-state index in [9.17, 15) is 9.59 Å². The van der Waals surface area contributed by atoms with Gasteiger partial charge in [-0.15, -0.1) is 0 Å². The zero-order valence-electron chi connectivity index (χ0n) is 12.6. The molecule has 0 aliphatic heterocycles. The lowest BCUT2D eigenvalue weighted by molar-refractivity contribution is -0.152. The fourth-order valence-electron chi connectivity index (χ4n) is 2.45. The van der Waals surface area contributed by atoms with Gasteiger partial charge in [0.2, 0.25) is 5.91 Å². The highest BCUT2D eigenvalue weighted by atomic mass is 16.5. The number of hydrogen-bond acceptors (Lipinski definition) is 4. The first kappa shape index (κ1) is 16.3. The van der Waals surface area contributed by atoms with Crippen molar-refractivity contribution in [2.24, 2.45) is 11.8 Å². The molecule has 120 valence electrons. The Morgan fingerprint density at radius 2 is 1.95 bits per heavy atom. The van der Waals surface area contributed by atoms with Crippen LogP contribution in [0.1, 0.15) is 18.4 Å². The minimum absolute atomic E-state index is 0.203. The van der Waals surface area contributed by atoms with Gasteiger partial charge < -0.3 is 19.9 Å². The van der Waals surface area contributed by atoms with Gasteiger partial charge in [-0.25, -0.2) is 0 Å². The highest BCUT2D eigenvalue weighted by molar-refractivity contribution is 5.86. The van der Waals surface area contributed by atoms with Gasteiger partial charge in [0.1, 0.15) is 12.4 Å². The molecule has 0 saturated heterocycles. The first-order valence-electron chi connectivity index (χ1n) is 7.33. The quantitative estimate of drug-likeness (QED) is 0.710. The summed E-state index contributed by atoms with van der Waals surface area (Å²) in [5.41, 5.74) is 0.859. The third-order valence-corrected chi connectivity index (χ3v) is 3.90. The van der Waals surface area contributed by atoms with Crippen molar-refractivity contribution in [3.05, 3.63) is 29.8 Å². The van der Waals surface area contributed by atoms with E-state index in [0.29, 0.717) is 38.3 Å². The lowest BCUT2D eigenvalue weighted by Crippen LogP contribution is -2.43. The van der Waals surface area contributed by atoms with Crippen molar-refractivity contribution in [2.45, 2.75) is 19.4 Å². The Bertz CT molecular complexity index is 531. The van der Waals surface area contributed by atoms with E-state index in [4.69, 9.17) is 14.6 Å². The molecule has 2 rings (SSSR count). The van der Waals surface area contributed by atoms with Crippen LogP contribution in [0.4, 0.5) is 0 Å². The Labute approximate surface area is 129 Å². The molecular formula is C16H21NO5. The second kappa shape index (κ2) is 7.79. The number of ether oxygens (including phenoxy) is 2. The molecule has 1 aliphatic rings. The highest BCUT2D eigenvalue weighted by Gasteiger charge is 2.41. The van der Waals surface area contributed by atoms with Crippen LogP contribution >= 0.6 is 0 Å². The summed E-state index contributed by atoms with van der Waals surface area (Å²) in [6.45, 7) is 1.25. The number of carbonyl (C=O) groups is 2. The van der Waals surface area contributed by atoms with E-state index in [0.717, 1.165) is 5.56 Å². The molecule has 22 heavy (non-hydrogen) atoms. The standard InChI is InChI=1S/C16H21NO5/c1-21-8-9-22-14-5-3-2-4-11(14)10-17-15(18)12-6-7-13(12)16(19)20/h2-5,12-13H,6-10H2,1H3,(H,17,18)(H,19,20). The average Bonchev–Trinajstić information content (AvgIpc) is 2.44. The molecule has 1 saturated carbocycles. The molecule has 1 fully saturated rings. The van der Waals surface area contributed by atoms with Crippen molar-refractivity contribution in [2.75, 3.05) is 20.3 Å². The molecule has 2 atom stereocenters. The zero-order chi connectivity index (χ0) is 15.9. The molecule has 0 radical (unpaired) electrons. The second-order valence-corrected chi connectivity index (χ2v) is 5.30. The molecular weight excluding hydrogens is 286 g/mol. The normalized spacial score (nSPS) is 20.0. The van der Waals surface area contributed by atoms with Crippen molar-refractivity contribution in [3.63, 3.8) is 0 Å². The molecule has 1 aromatic rings. The van der Waals surface area contributed by atoms with E-state index < -0.39 is 17.8 Å². The summed E-state index contributed by atoms with van der Waals surface area (Å²) in [5.74, 6) is -1.37. The fraction of sp³-hybridized carbons (Fsp3) is 0.500. The van der Waals surface area contributed by atoms with Crippen LogP contribution in [0.5, 0.6) is 5.75 Å². The number of para-hydroxylation sites is 1.